The van der Waals surface area contributed by atoms with Crippen molar-refractivity contribution in [3.05, 3.63) is 23.8 Å². The van der Waals surface area contributed by atoms with Crippen LogP contribution >= 0.6 is 0 Å². The van der Waals surface area contributed by atoms with Gasteiger partial charge in [0.05, 0.1) is 5.92 Å². The molecule has 0 fully saturated rings. The highest BCUT2D eigenvalue weighted by molar-refractivity contribution is 5.91. The van der Waals surface area contributed by atoms with Crippen LogP contribution < -0.4 is 0 Å². The smallest absolute Gasteiger partial charge is 0.332 e. The van der Waals surface area contributed by atoms with Gasteiger partial charge in [-0.05, 0) is 5.92 Å². The summed E-state index contributed by atoms with van der Waals surface area (Å²) in [5, 5.41) is 18.3. The van der Waals surface area contributed by atoms with E-state index in [4.69, 9.17) is 10.2 Å². The second kappa shape index (κ2) is 4.12. The molecular formula is C12H16O4. The first-order valence-electron chi connectivity index (χ1n) is 5.16. The minimum atomic E-state index is -1.05. The Hall–Kier alpha value is -1.58. The van der Waals surface area contributed by atoms with Crippen LogP contribution in [0.25, 0.3) is 0 Å². The number of allylic oxidation sites excluding steroid dienone is 2. The Morgan fingerprint density at radius 1 is 1.38 bits per heavy atom. The maximum atomic E-state index is 11.2. The fraction of sp³-hybridized carbons (Fsp3) is 0.500. The van der Waals surface area contributed by atoms with Crippen molar-refractivity contribution in [3.8, 4) is 0 Å². The second-order valence-corrected chi connectivity index (χ2v) is 4.52. The summed E-state index contributed by atoms with van der Waals surface area (Å²) in [6.07, 6.45) is 4.54. The average Bonchev–Trinajstić information content (AvgIpc) is 2.16. The van der Waals surface area contributed by atoms with E-state index >= 15 is 0 Å². The van der Waals surface area contributed by atoms with Crippen molar-refractivity contribution in [2.45, 2.75) is 20.8 Å². The van der Waals surface area contributed by atoms with Crippen LogP contribution in [0.1, 0.15) is 20.8 Å². The molecule has 0 saturated carbocycles. The summed E-state index contributed by atoms with van der Waals surface area (Å²) >= 11 is 0. The zero-order valence-electron chi connectivity index (χ0n) is 9.60. The van der Waals surface area contributed by atoms with Gasteiger partial charge in [-0.1, -0.05) is 39.0 Å². The minimum absolute atomic E-state index is 0.0686. The molecule has 4 heteroatoms. The molecular weight excluding hydrogens is 208 g/mol. The van der Waals surface area contributed by atoms with Gasteiger partial charge >= 0.3 is 11.9 Å². The first-order chi connectivity index (χ1) is 7.31. The molecule has 0 radical (unpaired) electrons. The molecule has 2 atom stereocenters. The molecule has 0 aliphatic heterocycles. The molecule has 0 aromatic rings. The summed E-state index contributed by atoms with van der Waals surface area (Å²) < 4.78 is 0. The third-order valence-electron chi connectivity index (χ3n) is 3.49. The van der Waals surface area contributed by atoms with Gasteiger partial charge in [-0.15, -0.1) is 0 Å². The van der Waals surface area contributed by atoms with E-state index in [-0.39, 0.29) is 11.5 Å². The molecule has 0 bridgehead atoms. The monoisotopic (exact) mass is 224 g/mol. The molecule has 2 N–H and O–H groups in total. The van der Waals surface area contributed by atoms with Crippen molar-refractivity contribution in [2.24, 2.45) is 17.3 Å². The van der Waals surface area contributed by atoms with E-state index in [1.54, 1.807) is 13.0 Å². The molecule has 0 aromatic heterocycles. The highest BCUT2D eigenvalue weighted by Gasteiger charge is 2.46. The Bertz CT molecular complexity index is 378. The predicted octanol–water partition coefficient (Wildman–Crippen LogP) is 1.93. The zero-order chi connectivity index (χ0) is 12.5. The quantitative estimate of drug-likeness (QED) is 0.768. The SMILES string of the molecule is CC(C)C1(C)C(C(=O)O)=CC=CC1C(=O)O. The summed E-state index contributed by atoms with van der Waals surface area (Å²) in [4.78, 5) is 22.3. The van der Waals surface area contributed by atoms with Crippen LogP contribution in [0.15, 0.2) is 23.8 Å². The molecule has 1 aliphatic carbocycles. The Kier molecular flexibility index (Phi) is 3.21. The number of hydrogen-bond acceptors (Lipinski definition) is 2. The number of aliphatic carboxylic acids is 2. The van der Waals surface area contributed by atoms with Crippen LogP contribution in [0.3, 0.4) is 0 Å². The molecule has 2 unspecified atom stereocenters. The largest absolute Gasteiger partial charge is 0.481 e. The molecule has 0 amide bonds. The van der Waals surface area contributed by atoms with E-state index in [0.717, 1.165) is 0 Å². The summed E-state index contributed by atoms with van der Waals surface area (Å²) in [6.45, 7) is 5.37. The van der Waals surface area contributed by atoms with E-state index in [0.29, 0.717) is 0 Å². The molecule has 16 heavy (non-hydrogen) atoms. The molecule has 0 heterocycles. The molecule has 1 rings (SSSR count). The molecule has 1 aliphatic rings. The summed E-state index contributed by atoms with van der Waals surface area (Å²) in [5.74, 6) is -2.89. The van der Waals surface area contributed by atoms with Crippen molar-refractivity contribution in [1.82, 2.24) is 0 Å². The van der Waals surface area contributed by atoms with E-state index < -0.39 is 23.3 Å². The maximum absolute atomic E-state index is 11.2. The third-order valence-corrected chi connectivity index (χ3v) is 3.49. The lowest BCUT2D eigenvalue weighted by Crippen LogP contribution is -2.41. The van der Waals surface area contributed by atoms with Crippen molar-refractivity contribution in [3.63, 3.8) is 0 Å². The molecule has 0 spiro atoms. The predicted molar refractivity (Wildman–Crippen MR) is 58.9 cm³/mol. The van der Waals surface area contributed by atoms with E-state index in [1.807, 2.05) is 13.8 Å². The highest BCUT2D eigenvalue weighted by atomic mass is 16.4. The number of carbonyl (C=O) groups is 2. The molecule has 0 aromatic carbocycles. The number of rotatable bonds is 3. The van der Waals surface area contributed by atoms with Gasteiger partial charge in [0.2, 0.25) is 0 Å². The minimum Gasteiger partial charge on any atom is -0.481 e. The van der Waals surface area contributed by atoms with Gasteiger partial charge in [0.25, 0.3) is 0 Å². The van der Waals surface area contributed by atoms with Crippen molar-refractivity contribution in [1.29, 1.82) is 0 Å². The van der Waals surface area contributed by atoms with Gasteiger partial charge in [-0.25, -0.2) is 4.79 Å². The Morgan fingerprint density at radius 2 is 1.94 bits per heavy atom. The molecule has 4 nitrogen and oxygen atoms in total. The first kappa shape index (κ1) is 12.5. The summed E-state index contributed by atoms with van der Waals surface area (Å²) in [6, 6.07) is 0. The Morgan fingerprint density at radius 3 is 2.31 bits per heavy atom. The number of carboxylic acid groups (broad SMARTS) is 2. The third kappa shape index (κ3) is 1.75. The van der Waals surface area contributed by atoms with Gasteiger partial charge in [0, 0.05) is 11.0 Å². The molecule has 0 saturated heterocycles. The lowest BCUT2D eigenvalue weighted by atomic mass is 9.62. The standard InChI is InChI=1S/C12H16O4/c1-7(2)12(3)8(10(13)14)5-4-6-9(12)11(15)16/h4-8H,1-3H3,(H,13,14)(H,15,16). The van der Waals surface area contributed by atoms with Gasteiger partial charge < -0.3 is 10.2 Å². The van der Waals surface area contributed by atoms with E-state index in [2.05, 4.69) is 0 Å². The highest BCUT2D eigenvalue weighted by Crippen LogP contribution is 2.45. The number of carboxylic acids is 2. The van der Waals surface area contributed by atoms with Gasteiger partial charge in [0.15, 0.2) is 0 Å². The van der Waals surface area contributed by atoms with Crippen LogP contribution in [0.2, 0.25) is 0 Å². The Balaban J connectivity index is 3.30. The fourth-order valence-corrected chi connectivity index (χ4v) is 2.12. The van der Waals surface area contributed by atoms with E-state index in [9.17, 15) is 9.59 Å². The lowest BCUT2D eigenvalue weighted by molar-refractivity contribution is -0.145. The van der Waals surface area contributed by atoms with Crippen LogP contribution in [0.5, 0.6) is 0 Å². The average molecular weight is 224 g/mol. The van der Waals surface area contributed by atoms with Gasteiger partial charge in [-0.2, -0.15) is 0 Å². The maximum Gasteiger partial charge on any atom is 0.332 e. The van der Waals surface area contributed by atoms with Gasteiger partial charge in [0.1, 0.15) is 0 Å². The lowest BCUT2D eigenvalue weighted by Gasteiger charge is -2.39. The normalized spacial score (nSPS) is 29.0. The number of hydrogen-bond donors (Lipinski definition) is 2. The van der Waals surface area contributed by atoms with E-state index in [1.165, 1.54) is 12.2 Å². The zero-order valence-corrected chi connectivity index (χ0v) is 9.60. The first-order valence-corrected chi connectivity index (χ1v) is 5.16. The van der Waals surface area contributed by atoms with Crippen molar-refractivity contribution in [2.75, 3.05) is 0 Å². The van der Waals surface area contributed by atoms with Crippen LogP contribution in [0.4, 0.5) is 0 Å². The van der Waals surface area contributed by atoms with Crippen molar-refractivity contribution < 1.29 is 19.8 Å². The summed E-state index contributed by atoms with van der Waals surface area (Å²) in [5.41, 5.74) is -0.704. The molecule has 88 valence electrons. The van der Waals surface area contributed by atoms with Crippen LogP contribution in [-0.2, 0) is 9.59 Å². The second-order valence-electron chi connectivity index (χ2n) is 4.52. The van der Waals surface area contributed by atoms with Gasteiger partial charge in [-0.3, -0.25) is 4.79 Å². The van der Waals surface area contributed by atoms with Crippen molar-refractivity contribution >= 4 is 11.9 Å². The van der Waals surface area contributed by atoms with Crippen LogP contribution in [-0.4, -0.2) is 22.2 Å². The fourth-order valence-electron chi connectivity index (χ4n) is 2.12. The van der Waals surface area contributed by atoms with Crippen LogP contribution in [0, 0.1) is 17.3 Å². The summed E-state index contributed by atoms with van der Waals surface area (Å²) in [7, 11) is 0. The Labute approximate surface area is 94.3 Å². The topological polar surface area (TPSA) is 74.6 Å².